The smallest absolute Gasteiger partial charge is 0.405 e. The molecule has 0 saturated heterocycles. The van der Waals surface area contributed by atoms with Crippen molar-refractivity contribution in [1.29, 1.82) is 0 Å². The van der Waals surface area contributed by atoms with E-state index in [4.69, 9.17) is 10.5 Å². The number of hydrogen-bond acceptors (Lipinski definition) is 4. The third kappa shape index (κ3) is 4.13. The van der Waals surface area contributed by atoms with Crippen molar-refractivity contribution in [2.45, 2.75) is 25.9 Å². The van der Waals surface area contributed by atoms with E-state index in [1.807, 2.05) is 22.6 Å². The third-order valence-electron chi connectivity index (χ3n) is 2.24. The monoisotopic (exact) mass is 364 g/mol. The zero-order valence-electron chi connectivity index (χ0n) is 9.97. The lowest BCUT2D eigenvalue weighted by molar-refractivity contribution is -0.385. The van der Waals surface area contributed by atoms with Crippen molar-refractivity contribution in [1.82, 2.24) is 0 Å². The average molecular weight is 364 g/mol. The summed E-state index contributed by atoms with van der Waals surface area (Å²) in [5.74, 6) is 0. The molecule has 1 rings (SSSR count). The quantitative estimate of drug-likeness (QED) is 0.505. The van der Waals surface area contributed by atoms with Crippen LogP contribution in [-0.4, -0.2) is 16.6 Å². The number of nitro benzene ring substituents is 1. The van der Waals surface area contributed by atoms with E-state index >= 15 is 0 Å². The van der Waals surface area contributed by atoms with Crippen molar-refractivity contribution in [3.63, 3.8) is 0 Å². The molecule has 6 nitrogen and oxygen atoms in total. The SMILES string of the molecule is CC(C)(Cc1ccc(I)cc1[N+](=O)[O-])OC(N)=O. The van der Waals surface area contributed by atoms with E-state index in [0.29, 0.717) is 5.56 Å². The molecule has 0 radical (unpaired) electrons. The molecular weight excluding hydrogens is 351 g/mol. The molecule has 18 heavy (non-hydrogen) atoms. The van der Waals surface area contributed by atoms with Crippen LogP contribution in [0.1, 0.15) is 19.4 Å². The summed E-state index contributed by atoms with van der Waals surface area (Å²) in [6, 6.07) is 4.91. The number of benzene rings is 1. The van der Waals surface area contributed by atoms with Crippen molar-refractivity contribution < 1.29 is 14.5 Å². The summed E-state index contributed by atoms with van der Waals surface area (Å²) >= 11 is 2.00. The van der Waals surface area contributed by atoms with Gasteiger partial charge in [-0.1, -0.05) is 6.07 Å². The molecule has 98 valence electrons. The van der Waals surface area contributed by atoms with Crippen LogP contribution in [0, 0.1) is 13.7 Å². The number of rotatable bonds is 4. The maximum atomic E-state index is 11.0. The highest BCUT2D eigenvalue weighted by Crippen LogP contribution is 2.26. The van der Waals surface area contributed by atoms with Crippen molar-refractivity contribution in [2.75, 3.05) is 0 Å². The second-order valence-electron chi connectivity index (χ2n) is 4.39. The maximum absolute atomic E-state index is 11.0. The summed E-state index contributed by atoms with van der Waals surface area (Å²) in [5, 5.41) is 11.0. The van der Waals surface area contributed by atoms with E-state index in [9.17, 15) is 14.9 Å². The highest BCUT2D eigenvalue weighted by Gasteiger charge is 2.26. The molecule has 1 amide bonds. The molecule has 1 aromatic carbocycles. The summed E-state index contributed by atoms with van der Waals surface area (Å²) in [6.07, 6.45) is -0.670. The minimum Gasteiger partial charge on any atom is -0.443 e. The molecule has 0 fully saturated rings. The van der Waals surface area contributed by atoms with Gasteiger partial charge in [0.25, 0.3) is 5.69 Å². The molecule has 0 bridgehead atoms. The van der Waals surface area contributed by atoms with E-state index in [1.54, 1.807) is 26.0 Å². The van der Waals surface area contributed by atoms with E-state index in [1.165, 1.54) is 6.07 Å². The van der Waals surface area contributed by atoms with E-state index in [0.717, 1.165) is 3.57 Å². The number of ether oxygens (including phenoxy) is 1. The molecular formula is C11H13IN2O4. The molecule has 2 N–H and O–H groups in total. The summed E-state index contributed by atoms with van der Waals surface area (Å²) in [6.45, 7) is 3.30. The lowest BCUT2D eigenvalue weighted by Gasteiger charge is -2.23. The zero-order valence-corrected chi connectivity index (χ0v) is 12.1. The topological polar surface area (TPSA) is 95.5 Å². The molecule has 0 aromatic heterocycles. The van der Waals surface area contributed by atoms with Gasteiger partial charge in [-0.05, 0) is 42.5 Å². The van der Waals surface area contributed by atoms with Crippen LogP contribution in [0.2, 0.25) is 0 Å². The first-order valence-corrected chi connectivity index (χ1v) is 6.20. The van der Waals surface area contributed by atoms with Gasteiger partial charge in [-0.3, -0.25) is 10.1 Å². The van der Waals surface area contributed by atoms with Gasteiger partial charge in [0, 0.05) is 21.6 Å². The number of amides is 1. The number of halogens is 1. The Morgan fingerprint density at radius 2 is 2.17 bits per heavy atom. The van der Waals surface area contributed by atoms with Crippen LogP contribution in [-0.2, 0) is 11.2 Å². The molecule has 0 aliphatic carbocycles. The lowest BCUT2D eigenvalue weighted by Crippen LogP contribution is -2.33. The molecule has 0 unspecified atom stereocenters. The Balaban J connectivity index is 3.03. The van der Waals surface area contributed by atoms with Gasteiger partial charge in [0.05, 0.1) is 4.92 Å². The zero-order chi connectivity index (χ0) is 13.9. The maximum Gasteiger partial charge on any atom is 0.405 e. The Morgan fingerprint density at radius 1 is 1.56 bits per heavy atom. The molecule has 0 atom stereocenters. The lowest BCUT2D eigenvalue weighted by atomic mass is 9.97. The number of primary amides is 1. The number of hydrogen-bond donors (Lipinski definition) is 1. The van der Waals surface area contributed by atoms with Crippen LogP contribution in [0.4, 0.5) is 10.5 Å². The first-order valence-electron chi connectivity index (χ1n) is 5.12. The Morgan fingerprint density at radius 3 is 2.67 bits per heavy atom. The van der Waals surface area contributed by atoms with Crippen LogP contribution >= 0.6 is 22.6 Å². The molecule has 0 aliphatic heterocycles. The summed E-state index contributed by atoms with van der Waals surface area (Å²) in [5.41, 5.74) is 4.60. The fourth-order valence-electron chi connectivity index (χ4n) is 1.62. The summed E-state index contributed by atoms with van der Waals surface area (Å²) in [7, 11) is 0. The molecule has 0 saturated carbocycles. The van der Waals surface area contributed by atoms with Crippen LogP contribution in [0.3, 0.4) is 0 Å². The number of carbonyl (C=O) groups excluding carboxylic acids is 1. The Labute approximate surface area is 118 Å². The number of nitrogens with zero attached hydrogens (tertiary/aromatic N) is 1. The van der Waals surface area contributed by atoms with Gasteiger partial charge in [-0.2, -0.15) is 0 Å². The van der Waals surface area contributed by atoms with Gasteiger partial charge < -0.3 is 10.5 Å². The fraction of sp³-hybridized carbons (Fsp3) is 0.364. The third-order valence-corrected chi connectivity index (χ3v) is 2.91. The second-order valence-corrected chi connectivity index (χ2v) is 5.63. The predicted octanol–water partition coefficient (Wildman–Crippen LogP) is 2.62. The van der Waals surface area contributed by atoms with Gasteiger partial charge in [-0.15, -0.1) is 0 Å². The molecule has 7 heteroatoms. The summed E-state index contributed by atoms with van der Waals surface area (Å²) in [4.78, 5) is 21.2. The molecule has 1 aromatic rings. The number of carbonyl (C=O) groups is 1. The van der Waals surface area contributed by atoms with Gasteiger partial charge in [0.15, 0.2) is 0 Å². The number of nitrogens with two attached hydrogens (primary N) is 1. The van der Waals surface area contributed by atoms with Crippen molar-refractivity contribution in [2.24, 2.45) is 5.73 Å². The molecule has 0 aliphatic rings. The first kappa shape index (κ1) is 14.7. The first-order chi connectivity index (χ1) is 8.21. The molecule has 0 spiro atoms. The summed E-state index contributed by atoms with van der Waals surface area (Å²) < 4.78 is 5.70. The van der Waals surface area contributed by atoms with Gasteiger partial charge in [0.1, 0.15) is 5.60 Å². The minimum atomic E-state index is -0.895. The standard InChI is InChI=1S/C11H13IN2O4/c1-11(2,18-10(13)15)6-7-3-4-8(12)5-9(7)14(16)17/h3-5H,6H2,1-2H3,(H2,13,15). The Kier molecular flexibility index (Phi) is 4.49. The predicted molar refractivity (Wildman–Crippen MR) is 74.3 cm³/mol. The van der Waals surface area contributed by atoms with E-state index in [-0.39, 0.29) is 12.1 Å². The van der Waals surface area contributed by atoms with Crippen molar-refractivity contribution in [3.8, 4) is 0 Å². The fourth-order valence-corrected chi connectivity index (χ4v) is 2.10. The van der Waals surface area contributed by atoms with Gasteiger partial charge in [0.2, 0.25) is 0 Å². The second kappa shape index (κ2) is 5.51. The normalized spacial score (nSPS) is 11.1. The van der Waals surface area contributed by atoms with E-state index < -0.39 is 16.6 Å². The van der Waals surface area contributed by atoms with Gasteiger partial charge >= 0.3 is 6.09 Å². The highest BCUT2D eigenvalue weighted by atomic mass is 127. The highest BCUT2D eigenvalue weighted by molar-refractivity contribution is 14.1. The van der Waals surface area contributed by atoms with Crippen molar-refractivity contribution in [3.05, 3.63) is 37.4 Å². The molecule has 0 heterocycles. The van der Waals surface area contributed by atoms with Crippen molar-refractivity contribution >= 4 is 34.4 Å². The Bertz CT molecular complexity index is 488. The largest absolute Gasteiger partial charge is 0.443 e. The van der Waals surface area contributed by atoms with E-state index in [2.05, 4.69) is 0 Å². The number of nitro groups is 1. The Hall–Kier alpha value is -1.38. The minimum absolute atomic E-state index is 0.0167. The average Bonchev–Trinajstić information content (AvgIpc) is 2.18. The van der Waals surface area contributed by atoms with Gasteiger partial charge in [-0.25, -0.2) is 4.79 Å². The van der Waals surface area contributed by atoms with Crippen LogP contribution in [0.5, 0.6) is 0 Å². The van der Waals surface area contributed by atoms with Crippen LogP contribution < -0.4 is 5.73 Å². The van der Waals surface area contributed by atoms with Crippen LogP contribution in [0.15, 0.2) is 18.2 Å². The van der Waals surface area contributed by atoms with Crippen LogP contribution in [0.25, 0.3) is 0 Å².